The number of rotatable bonds is 3. The number of Topliss-reactive ketones (excluding diaryl/α,β-unsaturated/α-hetero) is 1. The maximum atomic E-state index is 13.2. The van der Waals surface area contributed by atoms with Crippen molar-refractivity contribution in [1.82, 2.24) is 4.98 Å². The van der Waals surface area contributed by atoms with Gasteiger partial charge in [0.1, 0.15) is 16.9 Å². The Balaban J connectivity index is 2.29. The summed E-state index contributed by atoms with van der Waals surface area (Å²) < 4.78 is 5.80. The van der Waals surface area contributed by atoms with Gasteiger partial charge in [0.25, 0.3) is 0 Å². The summed E-state index contributed by atoms with van der Waals surface area (Å²) in [6, 6.07) is 0. The molecule has 0 saturated carbocycles. The number of hydrogen-bond acceptors (Lipinski definition) is 8. The molecule has 0 fully saturated rings. The molecular weight excluding hydrogens is 478 g/mol. The van der Waals surface area contributed by atoms with E-state index in [-0.39, 0.29) is 31.1 Å². The lowest BCUT2D eigenvalue weighted by Gasteiger charge is -2.32. The van der Waals surface area contributed by atoms with Gasteiger partial charge in [0.05, 0.1) is 30.9 Å². The summed E-state index contributed by atoms with van der Waals surface area (Å²) in [7, 11) is 0. The molecule has 8 heteroatoms. The molecule has 0 bridgehead atoms. The summed E-state index contributed by atoms with van der Waals surface area (Å²) in [6.45, 7) is 11.0. The number of aromatic nitrogens is 1. The van der Waals surface area contributed by atoms with Gasteiger partial charge in [-0.25, -0.2) is 4.98 Å². The Labute approximate surface area is 219 Å². The number of esters is 1. The zero-order valence-electron chi connectivity index (χ0n) is 22.5. The molecule has 0 amide bonds. The van der Waals surface area contributed by atoms with Crippen molar-refractivity contribution < 1.29 is 29.6 Å². The molecule has 0 aliphatic carbocycles. The van der Waals surface area contributed by atoms with Gasteiger partial charge in [-0.05, 0) is 57.1 Å². The van der Waals surface area contributed by atoms with Crippen LogP contribution in [0.5, 0.6) is 0 Å². The van der Waals surface area contributed by atoms with Crippen LogP contribution in [0.25, 0.3) is 6.08 Å². The summed E-state index contributed by atoms with van der Waals surface area (Å²) in [5.74, 6) is -1.24. The second-order valence-corrected chi connectivity index (χ2v) is 11.9. The lowest BCUT2D eigenvalue weighted by atomic mass is 9.74. The fraction of sp³-hybridized carbons (Fsp3) is 0.679. The monoisotopic (exact) mass is 521 g/mol. The Hall–Kier alpha value is -1.87. The van der Waals surface area contributed by atoms with E-state index in [1.807, 2.05) is 32.2 Å². The fourth-order valence-electron chi connectivity index (χ4n) is 4.83. The normalized spacial score (nSPS) is 31.3. The number of ether oxygens (including phenoxy) is 1. The van der Waals surface area contributed by atoms with Crippen molar-refractivity contribution in [2.45, 2.75) is 105 Å². The number of ketones is 1. The van der Waals surface area contributed by atoms with Crippen LogP contribution in [0.15, 0.2) is 22.6 Å². The zero-order chi connectivity index (χ0) is 27.0. The third-order valence-electron chi connectivity index (χ3n) is 7.10. The highest BCUT2D eigenvalue weighted by Crippen LogP contribution is 2.32. The largest absolute Gasteiger partial charge is 0.457 e. The van der Waals surface area contributed by atoms with Crippen LogP contribution in [-0.2, 0) is 20.9 Å². The highest BCUT2D eigenvalue weighted by Gasteiger charge is 2.38. The Morgan fingerprint density at radius 3 is 2.61 bits per heavy atom. The van der Waals surface area contributed by atoms with Crippen molar-refractivity contribution in [3.8, 4) is 0 Å². The van der Waals surface area contributed by atoms with Crippen LogP contribution >= 0.6 is 11.3 Å². The van der Waals surface area contributed by atoms with E-state index in [0.29, 0.717) is 17.1 Å². The average molecular weight is 522 g/mol. The van der Waals surface area contributed by atoms with Crippen molar-refractivity contribution in [3.05, 3.63) is 33.3 Å². The highest BCUT2D eigenvalue weighted by atomic mass is 32.1. The van der Waals surface area contributed by atoms with Crippen LogP contribution in [0, 0.1) is 17.3 Å². The number of cyclic esters (lactones) is 1. The molecule has 0 unspecified atom stereocenters. The van der Waals surface area contributed by atoms with Gasteiger partial charge in [-0.2, -0.15) is 0 Å². The van der Waals surface area contributed by atoms with Gasteiger partial charge < -0.3 is 20.1 Å². The molecule has 202 valence electrons. The van der Waals surface area contributed by atoms with E-state index in [1.54, 1.807) is 20.8 Å². The highest BCUT2D eigenvalue weighted by molar-refractivity contribution is 7.09. The number of carbonyl (C=O) groups is 2. The van der Waals surface area contributed by atoms with E-state index in [1.165, 1.54) is 11.3 Å². The molecule has 0 radical (unpaired) electrons. The molecule has 1 aliphatic rings. The predicted molar refractivity (Wildman–Crippen MR) is 142 cm³/mol. The quantitative estimate of drug-likeness (QED) is 0.385. The molecule has 0 saturated heterocycles. The molecule has 1 aromatic rings. The maximum Gasteiger partial charge on any atom is 0.309 e. The number of allylic oxidation sites excluding steroid dienone is 1. The summed E-state index contributed by atoms with van der Waals surface area (Å²) in [5.41, 5.74) is 1.78. The number of thiazole rings is 1. The number of hydrogen-bond donors (Lipinski definition) is 3. The first-order valence-electron chi connectivity index (χ1n) is 12.8. The van der Waals surface area contributed by atoms with E-state index in [2.05, 4.69) is 11.1 Å². The maximum absolute atomic E-state index is 13.2. The lowest BCUT2D eigenvalue weighted by molar-refractivity contribution is -0.151. The van der Waals surface area contributed by atoms with E-state index < -0.39 is 35.6 Å². The molecule has 5 atom stereocenters. The standard InChI is InChI=1S/C28H43NO6S/c1-17-8-7-9-18(2)26(33)20(4)27(34)28(5,6)14-22(31)13-25(32)35-23(11-10-17)19(3)12-21-16-36-24(15-30)29-21/h10,12,16,18,20,22-23,26,30-31,33H,7-9,11,13-15H2,1-6H3/b17-10-,19-12+/t18-,20+,22+,23-,26-/m0/s1. The second kappa shape index (κ2) is 13.6. The minimum Gasteiger partial charge on any atom is -0.457 e. The minimum atomic E-state index is -1.04. The number of carbonyl (C=O) groups excluding carboxylic acids is 2. The number of aliphatic hydroxyl groups excluding tert-OH is 3. The van der Waals surface area contributed by atoms with Crippen molar-refractivity contribution >= 4 is 29.2 Å². The summed E-state index contributed by atoms with van der Waals surface area (Å²) in [4.78, 5) is 30.3. The van der Waals surface area contributed by atoms with Gasteiger partial charge in [-0.1, -0.05) is 39.3 Å². The van der Waals surface area contributed by atoms with Gasteiger partial charge in [0, 0.05) is 23.1 Å². The van der Waals surface area contributed by atoms with Crippen LogP contribution in [0.1, 0.15) is 90.8 Å². The molecule has 0 spiro atoms. The Morgan fingerprint density at radius 2 is 1.97 bits per heavy atom. The Kier molecular flexibility index (Phi) is 11.5. The molecule has 2 rings (SSSR count). The van der Waals surface area contributed by atoms with Crippen molar-refractivity contribution in [2.24, 2.45) is 17.3 Å². The summed E-state index contributed by atoms with van der Waals surface area (Å²) in [6.07, 6.45) is 4.50. The van der Waals surface area contributed by atoms with Gasteiger partial charge >= 0.3 is 5.97 Å². The average Bonchev–Trinajstić information content (AvgIpc) is 3.26. The lowest BCUT2D eigenvalue weighted by Crippen LogP contribution is -2.40. The molecular formula is C28H43NO6S. The van der Waals surface area contributed by atoms with Crippen molar-refractivity contribution in [2.75, 3.05) is 0 Å². The minimum absolute atomic E-state index is 0.0297. The van der Waals surface area contributed by atoms with Crippen LogP contribution in [0.4, 0.5) is 0 Å². The van der Waals surface area contributed by atoms with Crippen LogP contribution < -0.4 is 0 Å². The van der Waals surface area contributed by atoms with Gasteiger partial charge in [0.15, 0.2) is 0 Å². The molecule has 2 heterocycles. The first-order chi connectivity index (χ1) is 16.8. The third-order valence-corrected chi connectivity index (χ3v) is 7.95. The topological polar surface area (TPSA) is 117 Å². The first kappa shape index (κ1) is 30.4. The molecule has 3 N–H and O–H groups in total. The number of aliphatic hydroxyl groups is 3. The van der Waals surface area contributed by atoms with E-state index in [0.717, 1.165) is 30.4 Å². The molecule has 1 aliphatic heterocycles. The van der Waals surface area contributed by atoms with E-state index in [4.69, 9.17) is 4.74 Å². The molecule has 7 nitrogen and oxygen atoms in total. The molecule has 36 heavy (non-hydrogen) atoms. The third kappa shape index (κ3) is 8.91. The predicted octanol–water partition coefficient (Wildman–Crippen LogP) is 4.84. The zero-order valence-corrected chi connectivity index (χ0v) is 23.3. The second-order valence-electron chi connectivity index (χ2n) is 10.9. The summed E-state index contributed by atoms with van der Waals surface area (Å²) in [5, 5.41) is 33.2. The Bertz CT molecular complexity index is 950. The molecule has 1 aromatic heterocycles. The van der Waals surface area contributed by atoms with Gasteiger partial charge in [0.2, 0.25) is 0 Å². The SMILES string of the molecule is C/C1=C/C[C@@H](/C(C)=C/c2csc(CO)n2)OC(=O)C[C@@H](O)CC(C)(C)C(=O)[C@H](C)[C@@H](O)[C@@H](C)CCC1. The van der Waals surface area contributed by atoms with E-state index >= 15 is 0 Å². The first-order valence-corrected chi connectivity index (χ1v) is 13.7. The van der Waals surface area contributed by atoms with Gasteiger partial charge in [-0.15, -0.1) is 11.3 Å². The van der Waals surface area contributed by atoms with Crippen molar-refractivity contribution in [3.63, 3.8) is 0 Å². The summed E-state index contributed by atoms with van der Waals surface area (Å²) >= 11 is 1.36. The van der Waals surface area contributed by atoms with Crippen LogP contribution in [0.3, 0.4) is 0 Å². The van der Waals surface area contributed by atoms with Gasteiger partial charge in [-0.3, -0.25) is 9.59 Å². The van der Waals surface area contributed by atoms with Crippen LogP contribution in [0.2, 0.25) is 0 Å². The fourth-order valence-corrected chi connectivity index (χ4v) is 5.44. The van der Waals surface area contributed by atoms with Crippen LogP contribution in [-0.4, -0.2) is 50.4 Å². The smallest absolute Gasteiger partial charge is 0.309 e. The number of nitrogens with zero attached hydrogens (tertiary/aromatic N) is 1. The molecule has 0 aromatic carbocycles. The Morgan fingerprint density at radius 1 is 1.28 bits per heavy atom. The van der Waals surface area contributed by atoms with Crippen molar-refractivity contribution in [1.29, 1.82) is 0 Å². The van der Waals surface area contributed by atoms with E-state index in [9.17, 15) is 24.9 Å².